The Morgan fingerprint density at radius 2 is 1.67 bits per heavy atom. The number of nitriles is 2. The van der Waals surface area contributed by atoms with E-state index in [1.165, 1.54) is 0 Å². The van der Waals surface area contributed by atoms with Crippen molar-refractivity contribution in [3.8, 4) is 29.2 Å². The maximum Gasteiger partial charge on any atom is 0.139 e. The van der Waals surface area contributed by atoms with E-state index in [1.807, 2.05) is 12.1 Å². The Morgan fingerprint density at radius 1 is 0.952 bits per heavy atom. The fourth-order valence-corrected chi connectivity index (χ4v) is 2.20. The van der Waals surface area contributed by atoms with E-state index in [-0.39, 0.29) is 0 Å². The summed E-state index contributed by atoms with van der Waals surface area (Å²) in [4.78, 5) is 0. The summed E-state index contributed by atoms with van der Waals surface area (Å²) >= 11 is 0. The molecule has 4 nitrogen and oxygen atoms in total. The molecular formula is C17H10N2O2. The minimum Gasteiger partial charge on any atom is -0.496 e. The molecule has 0 atom stereocenters. The van der Waals surface area contributed by atoms with E-state index in [2.05, 4.69) is 12.1 Å². The van der Waals surface area contributed by atoms with Gasteiger partial charge in [-0.3, -0.25) is 0 Å². The number of fused-ring (bicyclic) bond motifs is 1. The number of nitrogens with zero attached hydrogens (tertiary/aromatic N) is 2. The van der Waals surface area contributed by atoms with E-state index in [4.69, 9.17) is 19.7 Å². The van der Waals surface area contributed by atoms with Gasteiger partial charge in [0.1, 0.15) is 17.1 Å². The van der Waals surface area contributed by atoms with Crippen molar-refractivity contribution in [3.63, 3.8) is 0 Å². The molecule has 1 heterocycles. The second kappa shape index (κ2) is 5.03. The third kappa shape index (κ3) is 2.20. The van der Waals surface area contributed by atoms with Gasteiger partial charge >= 0.3 is 0 Å². The van der Waals surface area contributed by atoms with Crippen LogP contribution in [0.25, 0.3) is 22.3 Å². The van der Waals surface area contributed by atoms with Crippen molar-refractivity contribution in [3.05, 3.63) is 53.6 Å². The average Bonchev–Trinajstić information content (AvgIpc) is 2.96. The third-order valence-corrected chi connectivity index (χ3v) is 3.25. The number of benzene rings is 2. The van der Waals surface area contributed by atoms with Crippen molar-refractivity contribution in [2.45, 2.75) is 0 Å². The first-order valence-corrected chi connectivity index (χ1v) is 6.27. The monoisotopic (exact) mass is 274 g/mol. The van der Waals surface area contributed by atoms with Crippen molar-refractivity contribution in [2.24, 2.45) is 0 Å². The summed E-state index contributed by atoms with van der Waals surface area (Å²) in [6.45, 7) is 0. The molecule has 0 aliphatic carbocycles. The number of furan rings is 1. The van der Waals surface area contributed by atoms with Crippen LogP contribution in [0.2, 0.25) is 0 Å². The van der Waals surface area contributed by atoms with Gasteiger partial charge in [0, 0.05) is 5.39 Å². The van der Waals surface area contributed by atoms with Gasteiger partial charge in [0.05, 0.1) is 35.9 Å². The number of hydrogen-bond donors (Lipinski definition) is 0. The van der Waals surface area contributed by atoms with Gasteiger partial charge in [-0.05, 0) is 42.5 Å². The lowest BCUT2D eigenvalue weighted by Gasteiger charge is -2.05. The highest BCUT2D eigenvalue weighted by atomic mass is 16.5. The van der Waals surface area contributed by atoms with Crippen molar-refractivity contribution >= 4 is 11.0 Å². The SMILES string of the molecule is COc1cc(C#N)ccc1-c1cc2ccc(C#N)cc2o1. The molecule has 100 valence electrons. The van der Waals surface area contributed by atoms with Crippen molar-refractivity contribution < 1.29 is 9.15 Å². The molecule has 0 saturated heterocycles. The summed E-state index contributed by atoms with van der Waals surface area (Å²) in [6, 6.07) is 16.5. The molecular weight excluding hydrogens is 264 g/mol. The van der Waals surface area contributed by atoms with Gasteiger partial charge in [0.15, 0.2) is 0 Å². The summed E-state index contributed by atoms with van der Waals surface area (Å²) in [5, 5.41) is 18.8. The van der Waals surface area contributed by atoms with Crippen molar-refractivity contribution in [1.82, 2.24) is 0 Å². The molecule has 0 aliphatic heterocycles. The fraction of sp³-hybridized carbons (Fsp3) is 0.0588. The fourth-order valence-electron chi connectivity index (χ4n) is 2.20. The molecule has 21 heavy (non-hydrogen) atoms. The van der Waals surface area contributed by atoms with Gasteiger partial charge < -0.3 is 9.15 Å². The Balaban J connectivity index is 2.17. The number of hydrogen-bond acceptors (Lipinski definition) is 4. The molecule has 0 bridgehead atoms. The maximum absolute atomic E-state index is 8.93. The minimum atomic E-state index is 0.526. The molecule has 3 rings (SSSR count). The van der Waals surface area contributed by atoms with Crippen LogP contribution in [0, 0.1) is 22.7 Å². The molecule has 0 spiro atoms. The van der Waals surface area contributed by atoms with E-state index in [0.29, 0.717) is 28.2 Å². The summed E-state index contributed by atoms with van der Waals surface area (Å²) < 4.78 is 11.1. The number of methoxy groups -OCH3 is 1. The summed E-state index contributed by atoms with van der Waals surface area (Å²) in [5.41, 5.74) is 2.50. The van der Waals surface area contributed by atoms with Crippen LogP contribution < -0.4 is 4.74 Å². The van der Waals surface area contributed by atoms with Crippen LogP contribution >= 0.6 is 0 Å². The van der Waals surface area contributed by atoms with Gasteiger partial charge in [-0.2, -0.15) is 10.5 Å². The topological polar surface area (TPSA) is 69.9 Å². The van der Waals surface area contributed by atoms with Crippen LogP contribution in [0.15, 0.2) is 46.9 Å². The predicted molar refractivity (Wildman–Crippen MR) is 77.6 cm³/mol. The van der Waals surface area contributed by atoms with Crippen LogP contribution in [-0.4, -0.2) is 7.11 Å². The first-order valence-electron chi connectivity index (χ1n) is 6.27. The van der Waals surface area contributed by atoms with E-state index >= 15 is 0 Å². The Hall–Kier alpha value is -3.24. The molecule has 0 radical (unpaired) electrons. The van der Waals surface area contributed by atoms with E-state index in [0.717, 1.165) is 10.9 Å². The summed E-state index contributed by atoms with van der Waals surface area (Å²) in [5.74, 6) is 1.22. The smallest absolute Gasteiger partial charge is 0.139 e. The van der Waals surface area contributed by atoms with Crippen molar-refractivity contribution in [1.29, 1.82) is 10.5 Å². The highest BCUT2D eigenvalue weighted by Crippen LogP contribution is 2.34. The van der Waals surface area contributed by atoms with E-state index in [1.54, 1.807) is 37.4 Å². The Bertz CT molecular complexity index is 911. The van der Waals surface area contributed by atoms with Gasteiger partial charge in [-0.25, -0.2) is 0 Å². The Morgan fingerprint density at radius 3 is 2.38 bits per heavy atom. The normalized spacial score (nSPS) is 10.0. The first kappa shape index (κ1) is 12.8. The molecule has 0 unspecified atom stereocenters. The van der Waals surface area contributed by atoms with Crippen LogP contribution in [0.3, 0.4) is 0 Å². The van der Waals surface area contributed by atoms with Crippen LogP contribution in [0.1, 0.15) is 11.1 Å². The van der Waals surface area contributed by atoms with Crippen LogP contribution in [0.4, 0.5) is 0 Å². The molecule has 3 aromatic rings. The quantitative estimate of drug-likeness (QED) is 0.711. The first-order chi connectivity index (χ1) is 10.2. The second-order valence-corrected chi connectivity index (χ2v) is 4.50. The van der Waals surface area contributed by atoms with Crippen LogP contribution in [0.5, 0.6) is 5.75 Å². The maximum atomic E-state index is 8.93. The predicted octanol–water partition coefficient (Wildman–Crippen LogP) is 3.85. The van der Waals surface area contributed by atoms with Crippen molar-refractivity contribution in [2.75, 3.05) is 7.11 Å². The van der Waals surface area contributed by atoms with Gasteiger partial charge in [-0.1, -0.05) is 0 Å². The molecule has 1 aromatic heterocycles. The summed E-state index contributed by atoms with van der Waals surface area (Å²) in [6.07, 6.45) is 0. The summed E-state index contributed by atoms with van der Waals surface area (Å²) in [7, 11) is 1.55. The zero-order valence-electron chi connectivity index (χ0n) is 11.3. The van der Waals surface area contributed by atoms with Gasteiger partial charge in [0.2, 0.25) is 0 Å². The van der Waals surface area contributed by atoms with E-state index in [9.17, 15) is 0 Å². The van der Waals surface area contributed by atoms with Gasteiger partial charge in [0.25, 0.3) is 0 Å². The number of rotatable bonds is 2. The van der Waals surface area contributed by atoms with E-state index < -0.39 is 0 Å². The molecule has 2 aromatic carbocycles. The molecule has 0 fully saturated rings. The molecule has 0 N–H and O–H groups in total. The lowest BCUT2D eigenvalue weighted by atomic mass is 10.1. The molecule has 4 heteroatoms. The zero-order valence-corrected chi connectivity index (χ0v) is 11.3. The second-order valence-electron chi connectivity index (χ2n) is 4.50. The lowest BCUT2D eigenvalue weighted by molar-refractivity contribution is 0.415. The molecule has 0 amide bonds. The zero-order chi connectivity index (χ0) is 14.8. The van der Waals surface area contributed by atoms with Crippen LogP contribution in [-0.2, 0) is 0 Å². The Kier molecular flexibility index (Phi) is 3.06. The standard InChI is InChI=1S/C17H10N2O2/c1-20-16-7-12(10-19)3-5-14(16)17-8-13-4-2-11(9-18)6-15(13)21-17/h2-8H,1H3. The Labute approximate surface area is 121 Å². The highest BCUT2D eigenvalue weighted by molar-refractivity contribution is 5.85. The highest BCUT2D eigenvalue weighted by Gasteiger charge is 2.12. The minimum absolute atomic E-state index is 0.526. The lowest BCUT2D eigenvalue weighted by Crippen LogP contribution is -1.88. The van der Waals surface area contributed by atoms with Gasteiger partial charge in [-0.15, -0.1) is 0 Å². The average molecular weight is 274 g/mol. The number of ether oxygens (including phenoxy) is 1. The largest absolute Gasteiger partial charge is 0.496 e. The molecule has 0 saturated carbocycles. The molecule has 0 aliphatic rings. The third-order valence-electron chi connectivity index (χ3n) is 3.25.